The van der Waals surface area contributed by atoms with Crippen LogP contribution in [0.2, 0.25) is 0 Å². The Balaban J connectivity index is 1.66. The van der Waals surface area contributed by atoms with Gasteiger partial charge in [0.15, 0.2) is 6.61 Å². The number of amides is 1. The lowest BCUT2D eigenvalue weighted by Crippen LogP contribution is -2.39. The summed E-state index contributed by atoms with van der Waals surface area (Å²) in [6.45, 7) is -0.129. The average Bonchev–Trinajstić information content (AvgIpc) is 2.94. The molecule has 0 bridgehead atoms. The number of ether oxygens (including phenoxy) is 2. The van der Waals surface area contributed by atoms with Crippen molar-refractivity contribution in [3.63, 3.8) is 0 Å². The predicted octanol–water partition coefficient (Wildman–Crippen LogP) is 3.77. The first-order valence-corrected chi connectivity index (χ1v) is 9.87. The minimum atomic E-state index is -0.430. The molecule has 1 aliphatic heterocycles. The van der Waals surface area contributed by atoms with E-state index in [0.29, 0.717) is 15.0 Å². The van der Waals surface area contributed by atoms with Gasteiger partial charge in [-0.05, 0) is 36.6 Å². The standard InChI is InChI=1S/C19H21NO4S2/c1-23-17(21)12-24-15-9-7-13(8-10-15)11-16-18(22)20(19(25)26-16)14-5-3-2-4-6-14/h7-11,14H,2-6,12H2,1H3/b16-11+. The SMILES string of the molecule is COC(=O)COc1ccc(/C=C2/SC(=S)N(C3CCCCC3)C2=O)cc1. The Labute approximate surface area is 162 Å². The molecule has 0 spiro atoms. The van der Waals surface area contributed by atoms with Gasteiger partial charge in [-0.1, -0.05) is 55.4 Å². The minimum Gasteiger partial charge on any atom is -0.482 e. The fourth-order valence-electron chi connectivity index (χ4n) is 3.15. The van der Waals surface area contributed by atoms with Crippen molar-refractivity contribution in [2.75, 3.05) is 13.7 Å². The number of hydrogen-bond donors (Lipinski definition) is 0. The monoisotopic (exact) mass is 391 g/mol. The van der Waals surface area contributed by atoms with Crippen LogP contribution in [0.5, 0.6) is 5.75 Å². The maximum absolute atomic E-state index is 12.8. The van der Waals surface area contributed by atoms with E-state index in [1.807, 2.05) is 18.2 Å². The van der Waals surface area contributed by atoms with Gasteiger partial charge in [-0.2, -0.15) is 0 Å². The summed E-state index contributed by atoms with van der Waals surface area (Å²) in [5.74, 6) is 0.153. The fraction of sp³-hybridized carbons (Fsp3) is 0.421. The van der Waals surface area contributed by atoms with Gasteiger partial charge in [0.2, 0.25) is 0 Å². The third kappa shape index (κ3) is 4.45. The van der Waals surface area contributed by atoms with Crippen LogP contribution in [-0.2, 0) is 14.3 Å². The molecule has 26 heavy (non-hydrogen) atoms. The maximum atomic E-state index is 12.8. The van der Waals surface area contributed by atoms with E-state index in [4.69, 9.17) is 17.0 Å². The second-order valence-electron chi connectivity index (χ2n) is 6.28. The molecule has 1 aromatic rings. The molecule has 0 aromatic heterocycles. The van der Waals surface area contributed by atoms with E-state index in [9.17, 15) is 9.59 Å². The Morgan fingerprint density at radius 3 is 2.62 bits per heavy atom. The molecular formula is C19H21NO4S2. The second-order valence-corrected chi connectivity index (χ2v) is 7.95. The summed E-state index contributed by atoms with van der Waals surface area (Å²) in [6, 6.07) is 7.46. The summed E-state index contributed by atoms with van der Waals surface area (Å²) in [6.07, 6.45) is 7.48. The molecule has 1 aromatic carbocycles. The lowest BCUT2D eigenvalue weighted by molar-refractivity contribution is -0.142. The average molecular weight is 392 g/mol. The van der Waals surface area contributed by atoms with E-state index in [1.165, 1.54) is 25.3 Å². The lowest BCUT2D eigenvalue weighted by atomic mass is 9.94. The van der Waals surface area contributed by atoms with Crippen LogP contribution < -0.4 is 4.74 Å². The Morgan fingerprint density at radius 1 is 1.27 bits per heavy atom. The third-order valence-electron chi connectivity index (χ3n) is 4.53. The van der Waals surface area contributed by atoms with Gasteiger partial charge in [-0.3, -0.25) is 9.69 Å². The van der Waals surface area contributed by atoms with E-state index in [0.717, 1.165) is 31.2 Å². The largest absolute Gasteiger partial charge is 0.482 e. The summed E-state index contributed by atoms with van der Waals surface area (Å²) in [5, 5.41) is 0. The van der Waals surface area contributed by atoms with Crippen molar-refractivity contribution < 1.29 is 19.1 Å². The molecule has 5 nitrogen and oxygen atoms in total. The number of thioether (sulfide) groups is 1. The molecule has 0 N–H and O–H groups in total. The zero-order valence-corrected chi connectivity index (χ0v) is 16.2. The van der Waals surface area contributed by atoms with Crippen LogP contribution in [0.15, 0.2) is 29.2 Å². The molecule has 0 radical (unpaired) electrons. The van der Waals surface area contributed by atoms with Crippen LogP contribution in [0, 0.1) is 0 Å². The first-order chi connectivity index (χ1) is 12.6. The van der Waals surface area contributed by atoms with Crippen LogP contribution in [0.3, 0.4) is 0 Å². The van der Waals surface area contributed by atoms with Crippen molar-refractivity contribution in [1.29, 1.82) is 0 Å². The first kappa shape index (κ1) is 18.9. The van der Waals surface area contributed by atoms with E-state index < -0.39 is 5.97 Å². The molecule has 0 atom stereocenters. The molecule has 1 aliphatic carbocycles. The number of esters is 1. The topological polar surface area (TPSA) is 55.8 Å². The van der Waals surface area contributed by atoms with Gasteiger partial charge in [-0.15, -0.1) is 0 Å². The molecule has 1 saturated carbocycles. The van der Waals surface area contributed by atoms with Crippen LogP contribution in [0.25, 0.3) is 6.08 Å². The quantitative estimate of drug-likeness (QED) is 0.433. The number of benzene rings is 1. The third-order valence-corrected chi connectivity index (χ3v) is 5.86. The molecule has 2 fully saturated rings. The number of nitrogens with zero attached hydrogens (tertiary/aromatic N) is 1. The zero-order chi connectivity index (χ0) is 18.5. The van der Waals surface area contributed by atoms with Crippen molar-refractivity contribution in [3.8, 4) is 5.75 Å². The number of rotatable bonds is 5. The molecule has 138 valence electrons. The Morgan fingerprint density at radius 2 is 1.96 bits per heavy atom. The smallest absolute Gasteiger partial charge is 0.343 e. The van der Waals surface area contributed by atoms with Gasteiger partial charge in [-0.25, -0.2) is 4.79 Å². The highest BCUT2D eigenvalue weighted by atomic mass is 32.2. The van der Waals surface area contributed by atoms with Crippen molar-refractivity contribution in [2.45, 2.75) is 38.1 Å². The van der Waals surface area contributed by atoms with Gasteiger partial charge in [0, 0.05) is 6.04 Å². The van der Waals surface area contributed by atoms with Crippen LogP contribution in [0.4, 0.5) is 0 Å². The Bertz CT molecular complexity index is 724. The summed E-state index contributed by atoms with van der Waals surface area (Å²) < 4.78 is 10.5. The minimum absolute atomic E-state index is 0.0120. The molecule has 3 rings (SSSR count). The maximum Gasteiger partial charge on any atom is 0.343 e. The highest BCUT2D eigenvalue weighted by molar-refractivity contribution is 8.26. The van der Waals surface area contributed by atoms with Crippen molar-refractivity contribution >= 4 is 46.3 Å². The molecule has 0 unspecified atom stereocenters. The zero-order valence-electron chi connectivity index (χ0n) is 14.6. The van der Waals surface area contributed by atoms with Gasteiger partial charge in [0.1, 0.15) is 10.1 Å². The van der Waals surface area contributed by atoms with E-state index in [1.54, 1.807) is 17.0 Å². The van der Waals surface area contributed by atoms with Crippen molar-refractivity contribution in [1.82, 2.24) is 4.90 Å². The number of thiocarbonyl (C=S) groups is 1. The highest BCUT2D eigenvalue weighted by Gasteiger charge is 2.37. The first-order valence-electron chi connectivity index (χ1n) is 8.65. The summed E-state index contributed by atoms with van der Waals surface area (Å²) in [7, 11) is 1.32. The lowest BCUT2D eigenvalue weighted by Gasteiger charge is -2.29. The van der Waals surface area contributed by atoms with Gasteiger partial charge >= 0.3 is 5.97 Å². The Hall–Kier alpha value is -1.86. The van der Waals surface area contributed by atoms with E-state index in [2.05, 4.69) is 4.74 Å². The van der Waals surface area contributed by atoms with Gasteiger partial charge in [0.25, 0.3) is 5.91 Å². The second kappa shape index (κ2) is 8.68. The van der Waals surface area contributed by atoms with E-state index in [-0.39, 0.29) is 18.6 Å². The normalized spacial score (nSPS) is 19.9. The van der Waals surface area contributed by atoms with Crippen LogP contribution in [0.1, 0.15) is 37.7 Å². The molecule has 1 saturated heterocycles. The predicted molar refractivity (Wildman–Crippen MR) is 106 cm³/mol. The number of carbonyl (C=O) groups excluding carboxylic acids is 2. The molecule has 2 aliphatic rings. The molecular weight excluding hydrogens is 370 g/mol. The van der Waals surface area contributed by atoms with Crippen LogP contribution >= 0.6 is 24.0 Å². The van der Waals surface area contributed by atoms with Crippen molar-refractivity contribution in [3.05, 3.63) is 34.7 Å². The Kier molecular flexibility index (Phi) is 6.32. The van der Waals surface area contributed by atoms with Crippen molar-refractivity contribution in [2.24, 2.45) is 0 Å². The summed E-state index contributed by atoms with van der Waals surface area (Å²) >= 11 is 6.81. The van der Waals surface area contributed by atoms with E-state index >= 15 is 0 Å². The summed E-state index contributed by atoms with van der Waals surface area (Å²) in [4.78, 5) is 26.3. The summed E-state index contributed by atoms with van der Waals surface area (Å²) in [5.41, 5.74) is 0.888. The number of methoxy groups -OCH3 is 1. The molecule has 1 amide bonds. The molecule has 7 heteroatoms. The van der Waals surface area contributed by atoms with Gasteiger partial charge < -0.3 is 9.47 Å². The highest BCUT2D eigenvalue weighted by Crippen LogP contribution is 2.37. The van der Waals surface area contributed by atoms with Crippen LogP contribution in [-0.4, -0.2) is 40.9 Å². The number of hydrogen-bond acceptors (Lipinski definition) is 6. The number of carbonyl (C=O) groups is 2. The fourth-order valence-corrected chi connectivity index (χ4v) is 4.55. The molecule has 1 heterocycles. The van der Waals surface area contributed by atoms with Gasteiger partial charge in [0.05, 0.1) is 12.0 Å².